The predicted molar refractivity (Wildman–Crippen MR) is 108 cm³/mol. The molecule has 2 amide bonds. The van der Waals surface area contributed by atoms with Gasteiger partial charge in [0.15, 0.2) is 5.75 Å². The van der Waals surface area contributed by atoms with Crippen molar-refractivity contribution in [2.45, 2.75) is 6.92 Å². The van der Waals surface area contributed by atoms with E-state index in [1.165, 1.54) is 18.2 Å². The molecular weight excluding hydrogens is 398 g/mol. The summed E-state index contributed by atoms with van der Waals surface area (Å²) in [4.78, 5) is 39.3. The number of hydrogen-bond acceptors (Lipinski definition) is 5. The van der Waals surface area contributed by atoms with Crippen LogP contribution in [0.1, 0.15) is 27.6 Å². The molecule has 1 fully saturated rings. The van der Waals surface area contributed by atoms with E-state index in [1.807, 2.05) is 0 Å². The number of nitrogens with zero attached hydrogens (tertiary/aromatic N) is 3. The van der Waals surface area contributed by atoms with Gasteiger partial charge in [-0.15, -0.1) is 0 Å². The van der Waals surface area contributed by atoms with E-state index in [9.17, 15) is 19.7 Å². The molecule has 0 unspecified atom stereocenters. The van der Waals surface area contributed by atoms with Gasteiger partial charge in [0.25, 0.3) is 11.8 Å². The summed E-state index contributed by atoms with van der Waals surface area (Å²) in [6.45, 7) is 3.47. The van der Waals surface area contributed by atoms with E-state index < -0.39 is 4.92 Å². The maximum absolute atomic E-state index is 12.8. The minimum atomic E-state index is -0.565. The number of nitro groups is 1. The van der Waals surface area contributed by atoms with E-state index in [2.05, 4.69) is 0 Å². The zero-order chi connectivity index (χ0) is 21.0. The lowest BCUT2D eigenvalue weighted by Crippen LogP contribution is -2.50. The summed E-state index contributed by atoms with van der Waals surface area (Å²) in [5, 5.41) is 11.8. The molecule has 0 saturated carbocycles. The Morgan fingerprint density at radius 1 is 1.00 bits per heavy atom. The third kappa shape index (κ3) is 4.65. The van der Waals surface area contributed by atoms with Gasteiger partial charge in [0.2, 0.25) is 0 Å². The topological polar surface area (TPSA) is 93.0 Å². The largest absolute Gasteiger partial charge is 0.487 e. The molecule has 0 atom stereocenters. The highest BCUT2D eigenvalue weighted by atomic mass is 35.5. The quantitative estimate of drug-likeness (QED) is 0.550. The first-order chi connectivity index (χ1) is 13.9. The highest BCUT2D eigenvalue weighted by Gasteiger charge is 2.27. The van der Waals surface area contributed by atoms with Crippen LogP contribution in [0.15, 0.2) is 42.5 Å². The average Bonchev–Trinajstić information content (AvgIpc) is 2.74. The molecule has 29 heavy (non-hydrogen) atoms. The molecule has 1 saturated heterocycles. The van der Waals surface area contributed by atoms with Crippen LogP contribution in [0.5, 0.6) is 5.75 Å². The summed E-state index contributed by atoms with van der Waals surface area (Å²) in [7, 11) is 0. The minimum Gasteiger partial charge on any atom is -0.487 e. The Hall–Kier alpha value is -3.13. The Balaban J connectivity index is 1.67. The van der Waals surface area contributed by atoms with Crippen LogP contribution in [0.25, 0.3) is 0 Å². The number of halogens is 1. The maximum Gasteiger partial charge on any atom is 0.311 e. The van der Waals surface area contributed by atoms with E-state index in [0.717, 1.165) is 0 Å². The molecule has 0 bridgehead atoms. The predicted octanol–water partition coefficient (Wildman–Crippen LogP) is 3.25. The lowest BCUT2D eigenvalue weighted by Gasteiger charge is -2.34. The van der Waals surface area contributed by atoms with Gasteiger partial charge in [0, 0.05) is 48.4 Å². The normalized spacial score (nSPS) is 13.9. The van der Waals surface area contributed by atoms with Gasteiger partial charge < -0.3 is 14.5 Å². The van der Waals surface area contributed by atoms with Crippen LogP contribution < -0.4 is 4.74 Å². The second-order valence-corrected chi connectivity index (χ2v) is 6.90. The van der Waals surface area contributed by atoms with Crippen LogP contribution in [0, 0.1) is 10.1 Å². The van der Waals surface area contributed by atoms with Gasteiger partial charge in [-0.2, -0.15) is 0 Å². The zero-order valence-electron chi connectivity index (χ0n) is 15.8. The Morgan fingerprint density at radius 2 is 1.52 bits per heavy atom. The van der Waals surface area contributed by atoms with Crippen molar-refractivity contribution in [2.24, 2.45) is 0 Å². The number of benzene rings is 2. The molecule has 8 nitrogen and oxygen atoms in total. The number of piperazine rings is 1. The molecule has 0 spiro atoms. The fraction of sp³-hybridized carbons (Fsp3) is 0.300. The van der Waals surface area contributed by atoms with Gasteiger partial charge in [-0.3, -0.25) is 19.7 Å². The standard InChI is InChI=1S/C20H20ClN3O5/c1-2-29-18-8-5-15(13-17(18)24(27)28)20(26)23-11-9-22(10-12-23)19(25)14-3-6-16(21)7-4-14/h3-8,13H,2,9-12H2,1H3. The number of nitro benzene ring substituents is 1. The fourth-order valence-electron chi connectivity index (χ4n) is 3.14. The molecule has 0 N–H and O–H groups in total. The van der Waals surface area contributed by atoms with Crippen LogP contribution in [0.2, 0.25) is 5.02 Å². The van der Waals surface area contributed by atoms with E-state index in [0.29, 0.717) is 36.8 Å². The summed E-state index contributed by atoms with van der Waals surface area (Å²) in [5.41, 5.74) is 0.517. The molecule has 9 heteroatoms. The smallest absolute Gasteiger partial charge is 0.311 e. The van der Waals surface area contributed by atoms with Crippen molar-refractivity contribution in [1.29, 1.82) is 0 Å². The Bertz CT molecular complexity index is 924. The lowest BCUT2D eigenvalue weighted by atomic mass is 10.1. The maximum atomic E-state index is 12.8. The molecule has 2 aromatic rings. The lowest BCUT2D eigenvalue weighted by molar-refractivity contribution is -0.385. The first-order valence-corrected chi connectivity index (χ1v) is 9.54. The summed E-state index contributed by atoms with van der Waals surface area (Å²) < 4.78 is 5.25. The van der Waals surface area contributed by atoms with Crippen molar-refractivity contribution < 1.29 is 19.2 Å². The van der Waals surface area contributed by atoms with Crippen LogP contribution in [-0.4, -0.2) is 59.3 Å². The van der Waals surface area contributed by atoms with Crippen LogP contribution in [0.3, 0.4) is 0 Å². The molecule has 0 aromatic heterocycles. The summed E-state index contributed by atoms with van der Waals surface area (Å²) >= 11 is 5.85. The van der Waals surface area contributed by atoms with E-state index in [1.54, 1.807) is 41.0 Å². The first-order valence-electron chi connectivity index (χ1n) is 9.16. The van der Waals surface area contributed by atoms with Crippen LogP contribution >= 0.6 is 11.6 Å². The van der Waals surface area contributed by atoms with Crippen molar-refractivity contribution in [3.8, 4) is 5.75 Å². The highest BCUT2D eigenvalue weighted by Crippen LogP contribution is 2.28. The van der Waals surface area contributed by atoms with Gasteiger partial charge in [-0.05, 0) is 43.3 Å². The van der Waals surface area contributed by atoms with Gasteiger partial charge in [-0.1, -0.05) is 11.6 Å². The second kappa shape index (κ2) is 8.91. The minimum absolute atomic E-state index is 0.120. The number of rotatable bonds is 5. The van der Waals surface area contributed by atoms with Crippen LogP contribution in [-0.2, 0) is 0 Å². The number of hydrogen-bond donors (Lipinski definition) is 0. The summed E-state index contributed by atoms with van der Waals surface area (Å²) in [6, 6.07) is 10.8. The molecule has 1 heterocycles. The first kappa shape index (κ1) is 20.6. The van der Waals surface area contributed by atoms with E-state index in [4.69, 9.17) is 16.3 Å². The Labute approximate surface area is 172 Å². The van der Waals surface area contributed by atoms with Crippen molar-refractivity contribution in [3.63, 3.8) is 0 Å². The summed E-state index contributed by atoms with van der Waals surface area (Å²) in [5.74, 6) is -0.298. The zero-order valence-corrected chi connectivity index (χ0v) is 16.6. The van der Waals surface area contributed by atoms with Crippen molar-refractivity contribution >= 4 is 29.1 Å². The number of carbonyl (C=O) groups excluding carboxylic acids is 2. The van der Waals surface area contributed by atoms with Crippen molar-refractivity contribution in [3.05, 3.63) is 68.7 Å². The number of amides is 2. The summed E-state index contributed by atoms with van der Waals surface area (Å²) in [6.07, 6.45) is 0. The van der Waals surface area contributed by atoms with Gasteiger partial charge in [0.1, 0.15) is 0 Å². The van der Waals surface area contributed by atoms with E-state index >= 15 is 0 Å². The molecule has 152 valence electrons. The Morgan fingerprint density at radius 3 is 2.03 bits per heavy atom. The fourth-order valence-corrected chi connectivity index (χ4v) is 3.27. The monoisotopic (exact) mass is 417 g/mol. The van der Waals surface area contributed by atoms with E-state index in [-0.39, 0.29) is 35.4 Å². The molecule has 0 radical (unpaired) electrons. The SMILES string of the molecule is CCOc1ccc(C(=O)N2CCN(C(=O)c3ccc(Cl)cc3)CC2)cc1[N+](=O)[O-]. The van der Waals surface area contributed by atoms with Gasteiger partial charge in [-0.25, -0.2) is 0 Å². The highest BCUT2D eigenvalue weighted by molar-refractivity contribution is 6.30. The number of ether oxygens (including phenoxy) is 1. The average molecular weight is 418 g/mol. The second-order valence-electron chi connectivity index (χ2n) is 6.46. The van der Waals surface area contributed by atoms with Crippen LogP contribution in [0.4, 0.5) is 5.69 Å². The van der Waals surface area contributed by atoms with Gasteiger partial charge >= 0.3 is 5.69 Å². The molecule has 3 rings (SSSR count). The number of carbonyl (C=O) groups is 2. The third-order valence-electron chi connectivity index (χ3n) is 4.65. The molecule has 1 aliphatic heterocycles. The molecule has 2 aromatic carbocycles. The molecule has 1 aliphatic rings. The van der Waals surface area contributed by atoms with Crippen molar-refractivity contribution in [2.75, 3.05) is 32.8 Å². The molecular formula is C20H20ClN3O5. The Kier molecular flexibility index (Phi) is 6.33. The van der Waals surface area contributed by atoms with Gasteiger partial charge in [0.05, 0.1) is 11.5 Å². The van der Waals surface area contributed by atoms with Crippen molar-refractivity contribution in [1.82, 2.24) is 9.80 Å². The molecule has 0 aliphatic carbocycles. The third-order valence-corrected chi connectivity index (χ3v) is 4.90.